The molecule has 0 unspecified atom stereocenters. The lowest BCUT2D eigenvalue weighted by atomic mass is 10.1. The van der Waals surface area contributed by atoms with Gasteiger partial charge in [0.2, 0.25) is 0 Å². The van der Waals surface area contributed by atoms with Crippen LogP contribution in [0, 0.1) is 13.8 Å². The fourth-order valence-corrected chi connectivity index (χ4v) is 3.83. The zero-order chi connectivity index (χ0) is 19.7. The number of phenolic OH excluding ortho intramolecular Hbond substituents is 1. The summed E-state index contributed by atoms with van der Waals surface area (Å²) in [7, 11) is 0. The highest BCUT2D eigenvalue weighted by Crippen LogP contribution is 2.30. The quantitative estimate of drug-likeness (QED) is 0.639. The Kier molecular flexibility index (Phi) is 4.79. The number of aliphatic imine (C=N–C) groups is 1. The summed E-state index contributed by atoms with van der Waals surface area (Å²) in [5, 5.41) is 12.9. The summed E-state index contributed by atoms with van der Waals surface area (Å²) in [5.74, 6) is 0.0563. The number of amidine groups is 1. The molecule has 0 saturated carbocycles. The summed E-state index contributed by atoms with van der Waals surface area (Å²) >= 11 is 1.33. The van der Waals surface area contributed by atoms with Gasteiger partial charge in [-0.25, -0.2) is 4.99 Å². The van der Waals surface area contributed by atoms with Crippen LogP contribution in [-0.4, -0.2) is 20.7 Å². The molecule has 0 radical (unpaired) electrons. The third-order valence-corrected chi connectivity index (χ3v) is 5.32. The molecule has 1 aromatic heterocycles. The van der Waals surface area contributed by atoms with Gasteiger partial charge in [-0.3, -0.25) is 4.79 Å². The lowest BCUT2D eigenvalue weighted by molar-refractivity contribution is -0.115. The fraction of sp³-hybridized carbons (Fsp3) is 0.0909. The molecule has 28 heavy (non-hydrogen) atoms. The van der Waals surface area contributed by atoms with Crippen molar-refractivity contribution in [1.82, 2.24) is 9.88 Å². The summed E-state index contributed by atoms with van der Waals surface area (Å²) in [6.45, 7) is 4.05. The van der Waals surface area contributed by atoms with Crippen molar-refractivity contribution in [3.05, 3.63) is 82.5 Å². The molecule has 0 spiro atoms. The zero-order valence-electron chi connectivity index (χ0n) is 15.5. The molecule has 140 valence electrons. The van der Waals surface area contributed by atoms with Crippen molar-refractivity contribution in [3.8, 4) is 11.4 Å². The molecule has 2 heterocycles. The molecule has 0 bridgehead atoms. The van der Waals surface area contributed by atoms with Gasteiger partial charge >= 0.3 is 0 Å². The highest BCUT2D eigenvalue weighted by atomic mass is 32.2. The van der Waals surface area contributed by atoms with Gasteiger partial charge in [-0.1, -0.05) is 17.7 Å². The molecule has 3 aromatic rings. The standard InChI is InChI=1S/C22H19N3O2S/c1-14-5-10-19(15(2)12-14)23-22-24-21(27)20(28-22)13-17-4-3-11-25(17)16-6-8-18(26)9-7-16/h3-13,26H,1-2H3,(H,23,24,27)/b20-13-. The van der Waals surface area contributed by atoms with Crippen molar-refractivity contribution in [2.75, 3.05) is 0 Å². The van der Waals surface area contributed by atoms with Gasteiger partial charge in [0.25, 0.3) is 5.91 Å². The van der Waals surface area contributed by atoms with E-state index < -0.39 is 0 Å². The Morgan fingerprint density at radius 3 is 2.64 bits per heavy atom. The number of phenols is 1. The smallest absolute Gasteiger partial charge is 0.264 e. The van der Waals surface area contributed by atoms with Crippen LogP contribution in [0.4, 0.5) is 5.69 Å². The third kappa shape index (κ3) is 3.73. The predicted molar refractivity (Wildman–Crippen MR) is 114 cm³/mol. The maximum atomic E-state index is 12.4. The molecular weight excluding hydrogens is 370 g/mol. The topological polar surface area (TPSA) is 66.6 Å². The second-order valence-corrected chi connectivity index (χ2v) is 7.62. The van der Waals surface area contributed by atoms with Crippen LogP contribution in [0.3, 0.4) is 0 Å². The van der Waals surface area contributed by atoms with Crippen LogP contribution >= 0.6 is 11.8 Å². The average molecular weight is 389 g/mol. The number of carbonyl (C=O) groups is 1. The van der Waals surface area contributed by atoms with Gasteiger partial charge in [0.05, 0.1) is 10.6 Å². The number of carbonyl (C=O) groups excluding carboxylic acids is 1. The number of thioether (sulfide) groups is 1. The number of amides is 1. The lowest BCUT2D eigenvalue weighted by Gasteiger charge is -2.07. The number of aryl methyl sites for hydroxylation is 2. The first kappa shape index (κ1) is 18.1. The van der Waals surface area contributed by atoms with E-state index in [1.807, 2.05) is 67.1 Å². The van der Waals surface area contributed by atoms with Gasteiger partial charge in [-0.15, -0.1) is 0 Å². The van der Waals surface area contributed by atoms with E-state index in [4.69, 9.17) is 0 Å². The van der Waals surface area contributed by atoms with Crippen LogP contribution in [0.2, 0.25) is 0 Å². The normalized spacial score (nSPS) is 16.7. The van der Waals surface area contributed by atoms with Crippen molar-refractivity contribution < 1.29 is 9.90 Å². The molecule has 1 fully saturated rings. The van der Waals surface area contributed by atoms with E-state index in [-0.39, 0.29) is 11.7 Å². The molecule has 0 atom stereocenters. The van der Waals surface area contributed by atoms with Crippen molar-refractivity contribution in [2.24, 2.45) is 4.99 Å². The Labute approximate surface area is 167 Å². The van der Waals surface area contributed by atoms with E-state index in [9.17, 15) is 9.90 Å². The number of aromatic hydroxyl groups is 1. The Morgan fingerprint density at radius 1 is 1.11 bits per heavy atom. The first-order valence-corrected chi connectivity index (χ1v) is 9.65. The summed E-state index contributed by atoms with van der Waals surface area (Å²) in [5.41, 5.74) is 4.88. The number of rotatable bonds is 3. The SMILES string of the molecule is Cc1ccc(N=C2NC(=O)/C(=C/c3cccn3-c3ccc(O)cc3)S2)c(C)c1. The number of nitrogens with one attached hydrogen (secondary N) is 1. The van der Waals surface area contributed by atoms with Crippen LogP contribution in [0.5, 0.6) is 5.75 Å². The molecule has 4 rings (SSSR count). The molecule has 6 heteroatoms. The number of nitrogens with zero attached hydrogens (tertiary/aromatic N) is 2. The zero-order valence-corrected chi connectivity index (χ0v) is 16.3. The number of benzene rings is 2. The Hall–Kier alpha value is -3.25. The second-order valence-electron chi connectivity index (χ2n) is 6.59. The fourth-order valence-electron chi connectivity index (χ4n) is 3.02. The lowest BCUT2D eigenvalue weighted by Crippen LogP contribution is -2.19. The highest BCUT2D eigenvalue weighted by Gasteiger charge is 2.24. The van der Waals surface area contributed by atoms with Gasteiger partial charge in [-0.05, 0) is 79.7 Å². The summed E-state index contributed by atoms with van der Waals surface area (Å²) in [6.07, 6.45) is 3.76. The van der Waals surface area contributed by atoms with Crippen LogP contribution in [-0.2, 0) is 4.79 Å². The maximum absolute atomic E-state index is 12.4. The van der Waals surface area contributed by atoms with E-state index in [1.54, 1.807) is 12.1 Å². The second kappa shape index (κ2) is 7.40. The van der Waals surface area contributed by atoms with Crippen molar-refractivity contribution in [1.29, 1.82) is 0 Å². The molecule has 1 amide bonds. The van der Waals surface area contributed by atoms with Crippen LogP contribution < -0.4 is 5.32 Å². The van der Waals surface area contributed by atoms with Crippen molar-refractivity contribution in [2.45, 2.75) is 13.8 Å². The largest absolute Gasteiger partial charge is 0.508 e. The number of aromatic nitrogens is 1. The summed E-state index contributed by atoms with van der Waals surface area (Å²) in [6, 6.07) is 16.8. The third-order valence-electron chi connectivity index (χ3n) is 4.41. The van der Waals surface area contributed by atoms with Gasteiger partial charge in [0.15, 0.2) is 5.17 Å². The van der Waals surface area contributed by atoms with Crippen LogP contribution in [0.25, 0.3) is 11.8 Å². The molecule has 0 aliphatic carbocycles. The minimum absolute atomic E-state index is 0.160. The minimum Gasteiger partial charge on any atom is -0.508 e. The molecule has 2 aromatic carbocycles. The van der Waals surface area contributed by atoms with E-state index >= 15 is 0 Å². The van der Waals surface area contributed by atoms with Crippen LogP contribution in [0.15, 0.2) is 70.7 Å². The molecule has 5 nitrogen and oxygen atoms in total. The van der Waals surface area contributed by atoms with Gasteiger partial charge in [0, 0.05) is 17.6 Å². The van der Waals surface area contributed by atoms with Gasteiger partial charge in [-0.2, -0.15) is 0 Å². The molecule has 1 aliphatic heterocycles. The first-order valence-electron chi connectivity index (χ1n) is 8.83. The van der Waals surface area contributed by atoms with Gasteiger partial charge in [0.1, 0.15) is 5.75 Å². The monoisotopic (exact) mass is 389 g/mol. The highest BCUT2D eigenvalue weighted by molar-refractivity contribution is 8.18. The summed E-state index contributed by atoms with van der Waals surface area (Å²) in [4.78, 5) is 17.6. The maximum Gasteiger partial charge on any atom is 0.264 e. The van der Waals surface area contributed by atoms with Gasteiger partial charge < -0.3 is 15.0 Å². The van der Waals surface area contributed by atoms with Crippen molar-refractivity contribution >= 4 is 34.6 Å². The molecule has 2 N–H and O–H groups in total. The van der Waals surface area contributed by atoms with E-state index in [2.05, 4.69) is 16.4 Å². The Balaban J connectivity index is 1.62. The van der Waals surface area contributed by atoms with E-state index in [0.29, 0.717) is 10.1 Å². The van der Waals surface area contributed by atoms with Crippen molar-refractivity contribution in [3.63, 3.8) is 0 Å². The molecule has 1 aliphatic rings. The Morgan fingerprint density at radius 2 is 1.89 bits per heavy atom. The number of hydrogen-bond donors (Lipinski definition) is 2. The number of hydrogen-bond acceptors (Lipinski definition) is 4. The summed E-state index contributed by atoms with van der Waals surface area (Å²) < 4.78 is 1.96. The first-order chi connectivity index (χ1) is 13.5. The molecule has 1 saturated heterocycles. The van der Waals surface area contributed by atoms with Crippen LogP contribution in [0.1, 0.15) is 16.8 Å². The van der Waals surface area contributed by atoms with E-state index in [0.717, 1.165) is 22.6 Å². The van der Waals surface area contributed by atoms with E-state index in [1.165, 1.54) is 17.3 Å². The Bertz CT molecular complexity index is 1110. The predicted octanol–water partition coefficient (Wildman–Crippen LogP) is 4.69. The minimum atomic E-state index is -0.160. The molecular formula is C22H19N3O2S. The average Bonchev–Trinajstić information content (AvgIpc) is 3.25.